The molecule has 3 aromatic rings. The molecule has 2 aliphatic rings. The summed E-state index contributed by atoms with van der Waals surface area (Å²) in [5, 5.41) is 12.0. The molecule has 1 fully saturated rings. The largest absolute Gasteiger partial charge is 0.465 e. The number of fused-ring (bicyclic) bond motifs is 2. The van der Waals surface area contributed by atoms with Crippen LogP contribution in [0.3, 0.4) is 0 Å². The highest BCUT2D eigenvalue weighted by molar-refractivity contribution is 6.36. The van der Waals surface area contributed by atoms with Crippen LogP contribution in [0.25, 0.3) is 10.8 Å². The Hall–Kier alpha value is -3.26. The summed E-state index contributed by atoms with van der Waals surface area (Å²) >= 11 is 6.51. The number of aromatic amines is 1. The lowest BCUT2D eigenvalue weighted by Gasteiger charge is -2.31. The number of H-pyrrole nitrogens is 1. The van der Waals surface area contributed by atoms with Gasteiger partial charge in [-0.25, -0.2) is 4.79 Å². The van der Waals surface area contributed by atoms with Gasteiger partial charge in [0.25, 0.3) is 11.6 Å². The zero-order chi connectivity index (χ0) is 22.2. The maximum absolute atomic E-state index is 12.6. The maximum atomic E-state index is 12.6. The Kier molecular flexibility index (Phi) is 5.38. The highest BCUT2D eigenvalue weighted by Crippen LogP contribution is 2.34. The number of nitrogens with one attached hydrogen (secondary N) is 1. The maximum Gasteiger partial charge on any atom is 0.407 e. The lowest BCUT2D eigenvalue weighted by atomic mass is 10.0. The fourth-order valence-electron chi connectivity index (χ4n) is 4.67. The van der Waals surface area contributed by atoms with E-state index in [9.17, 15) is 14.7 Å². The molecule has 1 saturated heterocycles. The van der Waals surface area contributed by atoms with Crippen LogP contribution in [0.1, 0.15) is 24.1 Å². The number of hydrogen-bond acceptors (Lipinski definition) is 5. The molecule has 3 heterocycles. The van der Waals surface area contributed by atoms with E-state index in [4.69, 9.17) is 16.3 Å². The second kappa shape index (κ2) is 8.35. The van der Waals surface area contributed by atoms with E-state index < -0.39 is 6.09 Å². The van der Waals surface area contributed by atoms with Gasteiger partial charge in [0.15, 0.2) is 0 Å². The van der Waals surface area contributed by atoms with Gasteiger partial charge in [-0.3, -0.25) is 9.78 Å². The van der Waals surface area contributed by atoms with Gasteiger partial charge in [0.05, 0.1) is 23.3 Å². The first-order chi connectivity index (χ1) is 15.5. The van der Waals surface area contributed by atoms with Crippen molar-refractivity contribution < 1.29 is 14.6 Å². The van der Waals surface area contributed by atoms with Gasteiger partial charge in [-0.05, 0) is 36.8 Å². The zero-order valence-corrected chi connectivity index (χ0v) is 18.1. The number of rotatable bonds is 4. The van der Waals surface area contributed by atoms with Gasteiger partial charge in [0.1, 0.15) is 6.61 Å². The van der Waals surface area contributed by atoms with E-state index >= 15 is 0 Å². The van der Waals surface area contributed by atoms with Crippen LogP contribution in [-0.2, 0) is 13.0 Å². The van der Waals surface area contributed by atoms with Crippen molar-refractivity contribution in [2.45, 2.75) is 31.8 Å². The molecule has 2 aromatic carbocycles. The topological polar surface area (TPSA) is 98.8 Å². The Morgan fingerprint density at radius 1 is 1.25 bits per heavy atom. The molecule has 32 heavy (non-hydrogen) atoms. The summed E-state index contributed by atoms with van der Waals surface area (Å²) < 4.78 is 5.74. The number of likely N-dealkylation sites (tertiary alicyclic amines) is 1. The van der Waals surface area contributed by atoms with Crippen molar-refractivity contribution in [1.82, 2.24) is 14.9 Å². The van der Waals surface area contributed by atoms with Crippen molar-refractivity contribution in [3.05, 3.63) is 63.0 Å². The second-order valence-electron chi connectivity index (χ2n) is 8.17. The Labute approximate surface area is 189 Å². The van der Waals surface area contributed by atoms with Gasteiger partial charge in [0, 0.05) is 29.7 Å². The molecule has 0 unspecified atom stereocenters. The van der Waals surface area contributed by atoms with Crippen LogP contribution in [0.5, 0.6) is 6.01 Å². The third kappa shape index (κ3) is 3.75. The summed E-state index contributed by atoms with van der Waals surface area (Å²) in [5.41, 5.74) is 2.13. The minimum atomic E-state index is -0.951. The lowest BCUT2D eigenvalue weighted by Crippen LogP contribution is -2.39. The first-order valence-electron chi connectivity index (χ1n) is 10.7. The molecule has 5 rings (SSSR count). The number of hydrogen-bond donors (Lipinski definition) is 2. The normalized spacial score (nSPS) is 18.1. The van der Waals surface area contributed by atoms with E-state index in [2.05, 4.69) is 14.9 Å². The van der Waals surface area contributed by atoms with Gasteiger partial charge in [-0.15, -0.1) is 0 Å². The summed E-state index contributed by atoms with van der Waals surface area (Å²) in [7, 11) is 0. The molecule has 166 valence electrons. The van der Waals surface area contributed by atoms with E-state index in [0.29, 0.717) is 42.3 Å². The molecule has 8 nitrogen and oxygen atoms in total. The van der Waals surface area contributed by atoms with Gasteiger partial charge < -0.3 is 19.6 Å². The molecule has 9 heteroatoms. The number of halogens is 1. The number of nitrogens with zero attached hydrogens (tertiary/aromatic N) is 3. The number of benzene rings is 2. The highest BCUT2D eigenvalue weighted by Gasteiger charge is 2.29. The van der Waals surface area contributed by atoms with E-state index in [1.807, 2.05) is 36.4 Å². The molecule has 1 amide bonds. The summed E-state index contributed by atoms with van der Waals surface area (Å²) in [5.74, 6) is 0. The van der Waals surface area contributed by atoms with Gasteiger partial charge in [-0.2, -0.15) is 4.98 Å². The third-order valence-electron chi connectivity index (χ3n) is 6.26. The van der Waals surface area contributed by atoms with E-state index in [1.165, 1.54) is 4.90 Å². The van der Waals surface area contributed by atoms with Gasteiger partial charge in [-0.1, -0.05) is 35.9 Å². The third-order valence-corrected chi connectivity index (χ3v) is 6.57. The van der Waals surface area contributed by atoms with E-state index in [1.54, 1.807) is 0 Å². The molecule has 0 radical (unpaired) electrons. The van der Waals surface area contributed by atoms with E-state index in [0.717, 1.165) is 29.3 Å². The van der Waals surface area contributed by atoms with E-state index in [-0.39, 0.29) is 24.2 Å². The number of carbonyl (C=O) groups is 1. The molecule has 0 spiro atoms. The second-order valence-corrected chi connectivity index (χ2v) is 8.57. The Bertz CT molecular complexity index is 1240. The molecule has 1 aromatic heterocycles. The van der Waals surface area contributed by atoms with Crippen molar-refractivity contribution in [1.29, 1.82) is 0 Å². The van der Waals surface area contributed by atoms with Crippen molar-refractivity contribution in [3.8, 4) is 6.01 Å². The number of carboxylic acid groups (broad SMARTS) is 1. The van der Waals surface area contributed by atoms with Crippen LogP contribution in [0, 0.1) is 0 Å². The predicted octanol–water partition coefficient (Wildman–Crippen LogP) is 3.66. The Morgan fingerprint density at radius 3 is 2.88 bits per heavy atom. The van der Waals surface area contributed by atoms with Crippen LogP contribution in [0.15, 0.2) is 41.2 Å². The van der Waals surface area contributed by atoms with Crippen molar-refractivity contribution in [3.63, 3.8) is 0 Å². The predicted molar refractivity (Wildman–Crippen MR) is 122 cm³/mol. The Balaban J connectivity index is 1.40. The van der Waals surface area contributed by atoms with Crippen LogP contribution in [0.2, 0.25) is 5.02 Å². The standard InChI is InChI=1S/C23H23ClN4O4/c24-17-7-1-4-14-5-2-8-19(20(14)17)27-11-9-16-18(12-27)25-22(26-21(16)29)32-13-15-6-3-10-28(15)23(30)31/h1-2,4-5,7-8,15H,3,6,9-13H2,(H,30,31)(H,25,26,29)/t15-/m0/s1. The van der Waals surface area contributed by atoms with Gasteiger partial charge >= 0.3 is 6.09 Å². The monoisotopic (exact) mass is 454 g/mol. The van der Waals surface area contributed by atoms with Crippen molar-refractivity contribution >= 4 is 34.2 Å². The first kappa shape index (κ1) is 20.6. The number of aromatic nitrogens is 2. The number of amides is 1. The van der Waals surface area contributed by atoms with Crippen LogP contribution in [0.4, 0.5) is 10.5 Å². The average Bonchev–Trinajstić information content (AvgIpc) is 3.26. The zero-order valence-electron chi connectivity index (χ0n) is 17.4. The quantitative estimate of drug-likeness (QED) is 0.624. The molecule has 0 aliphatic carbocycles. The molecular formula is C23H23ClN4O4. The molecule has 0 bridgehead atoms. The fourth-order valence-corrected chi connectivity index (χ4v) is 4.95. The Morgan fingerprint density at radius 2 is 2.06 bits per heavy atom. The first-order valence-corrected chi connectivity index (χ1v) is 11.1. The summed E-state index contributed by atoms with van der Waals surface area (Å²) in [6.07, 6.45) is 1.15. The van der Waals surface area contributed by atoms with Gasteiger partial charge in [0.2, 0.25) is 0 Å². The van der Waals surface area contributed by atoms with Crippen LogP contribution in [-0.4, -0.2) is 51.8 Å². The number of ether oxygens (including phenoxy) is 1. The molecule has 2 N–H and O–H groups in total. The minimum Gasteiger partial charge on any atom is -0.465 e. The molecule has 0 saturated carbocycles. The van der Waals surface area contributed by atoms with Crippen molar-refractivity contribution in [2.24, 2.45) is 0 Å². The lowest BCUT2D eigenvalue weighted by molar-refractivity contribution is 0.121. The fraction of sp³-hybridized carbons (Fsp3) is 0.348. The molecular weight excluding hydrogens is 432 g/mol. The van der Waals surface area contributed by atoms with Crippen LogP contribution >= 0.6 is 11.6 Å². The summed E-state index contributed by atoms with van der Waals surface area (Å²) in [6, 6.07) is 11.8. The molecule has 2 aliphatic heterocycles. The van der Waals surface area contributed by atoms with Crippen molar-refractivity contribution in [2.75, 3.05) is 24.6 Å². The number of anilines is 1. The SMILES string of the molecule is O=C(O)N1CCC[C@H]1COc1nc2c(c(=O)[nH]1)CCN(c1cccc3cccc(Cl)c13)C2. The molecule has 1 atom stereocenters. The van der Waals surface area contributed by atoms with Crippen LogP contribution < -0.4 is 15.2 Å². The summed E-state index contributed by atoms with van der Waals surface area (Å²) in [4.78, 5) is 34.8. The minimum absolute atomic E-state index is 0.129. The highest BCUT2D eigenvalue weighted by atomic mass is 35.5. The average molecular weight is 455 g/mol. The smallest absolute Gasteiger partial charge is 0.407 e. The summed E-state index contributed by atoms with van der Waals surface area (Å²) in [6.45, 7) is 1.80.